The fraction of sp³-hybridized carbons (Fsp3) is 0.333. The van der Waals surface area contributed by atoms with Gasteiger partial charge in [0.15, 0.2) is 18.1 Å². The van der Waals surface area contributed by atoms with Crippen molar-refractivity contribution in [2.45, 2.75) is 26.4 Å². The third-order valence-electron chi connectivity index (χ3n) is 4.64. The van der Waals surface area contributed by atoms with E-state index in [1.165, 1.54) is 22.0 Å². The minimum Gasteiger partial charge on any atom is -0.481 e. The summed E-state index contributed by atoms with van der Waals surface area (Å²) in [5, 5.41) is 6.54. The molecule has 1 amide bonds. The van der Waals surface area contributed by atoms with Gasteiger partial charge in [0.2, 0.25) is 0 Å². The van der Waals surface area contributed by atoms with Crippen molar-refractivity contribution in [1.82, 2.24) is 4.57 Å². The van der Waals surface area contributed by atoms with Gasteiger partial charge in [-0.25, -0.2) is 4.79 Å². The van der Waals surface area contributed by atoms with Crippen molar-refractivity contribution in [2.75, 3.05) is 18.5 Å². The van der Waals surface area contributed by atoms with Crippen molar-refractivity contribution >= 4 is 39.8 Å². The summed E-state index contributed by atoms with van der Waals surface area (Å²) in [5.41, 5.74) is 2.04. The topological polar surface area (TPSA) is 69.6 Å². The number of benzene rings is 1. The first-order valence-electron chi connectivity index (χ1n) is 9.51. The Bertz CT molecular complexity index is 1100. The van der Waals surface area contributed by atoms with Gasteiger partial charge < -0.3 is 19.4 Å². The molecule has 0 spiro atoms. The number of halogens is 3. The van der Waals surface area contributed by atoms with Crippen LogP contribution in [0.3, 0.4) is 0 Å². The van der Waals surface area contributed by atoms with Crippen molar-refractivity contribution < 1.29 is 32.2 Å². The molecule has 2 heterocycles. The van der Waals surface area contributed by atoms with Crippen LogP contribution in [0, 0.1) is 0 Å². The molecule has 0 bridgehead atoms. The van der Waals surface area contributed by atoms with E-state index in [9.17, 15) is 22.8 Å². The molecule has 3 rings (SSSR count). The van der Waals surface area contributed by atoms with Crippen LogP contribution in [0.1, 0.15) is 40.3 Å². The first-order valence-corrected chi connectivity index (χ1v) is 10.5. The van der Waals surface area contributed by atoms with E-state index in [4.69, 9.17) is 9.47 Å². The third-order valence-corrected chi connectivity index (χ3v) is 5.32. The van der Waals surface area contributed by atoms with Gasteiger partial charge in [-0.3, -0.25) is 4.79 Å². The lowest BCUT2D eigenvalue weighted by Crippen LogP contribution is -2.20. The van der Waals surface area contributed by atoms with Gasteiger partial charge in [0.25, 0.3) is 5.91 Å². The molecule has 10 heteroatoms. The first kappa shape index (κ1) is 22.7. The summed E-state index contributed by atoms with van der Waals surface area (Å²) in [6, 6.07) is 4.93. The predicted octanol–water partition coefficient (Wildman–Crippen LogP) is 5.17. The van der Waals surface area contributed by atoms with Crippen LogP contribution in [-0.2, 0) is 18.2 Å². The number of fused-ring (bicyclic) bond motifs is 1. The smallest absolute Gasteiger partial charge is 0.422 e. The van der Waals surface area contributed by atoms with Gasteiger partial charge in [-0.05, 0) is 42.5 Å². The number of anilines is 1. The Kier molecular flexibility index (Phi) is 6.59. The minimum atomic E-state index is -4.59. The van der Waals surface area contributed by atoms with Gasteiger partial charge in [-0.2, -0.15) is 24.5 Å². The van der Waals surface area contributed by atoms with E-state index >= 15 is 0 Å². The van der Waals surface area contributed by atoms with E-state index in [1.54, 1.807) is 36.9 Å². The number of aromatic nitrogens is 1. The molecule has 0 radical (unpaired) electrons. The number of aryl methyl sites for hydroxylation is 2. The molecular formula is C21H21F3N2O4S. The first-order chi connectivity index (χ1) is 14.7. The van der Waals surface area contributed by atoms with Crippen LogP contribution in [0.5, 0.6) is 5.75 Å². The van der Waals surface area contributed by atoms with Crippen molar-refractivity contribution in [3.63, 3.8) is 0 Å². The van der Waals surface area contributed by atoms with Crippen LogP contribution in [0.2, 0.25) is 0 Å². The lowest BCUT2D eigenvalue weighted by Gasteiger charge is -2.12. The Morgan fingerprint density at radius 2 is 1.97 bits per heavy atom. The lowest BCUT2D eigenvalue weighted by atomic mass is 10.1. The Morgan fingerprint density at radius 1 is 1.23 bits per heavy atom. The van der Waals surface area contributed by atoms with E-state index in [-0.39, 0.29) is 29.3 Å². The van der Waals surface area contributed by atoms with E-state index in [0.29, 0.717) is 23.2 Å². The quantitative estimate of drug-likeness (QED) is 0.500. The highest BCUT2D eigenvalue weighted by Crippen LogP contribution is 2.38. The van der Waals surface area contributed by atoms with Gasteiger partial charge in [0, 0.05) is 23.5 Å². The van der Waals surface area contributed by atoms with Crippen LogP contribution in [-0.4, -0.2) is 35.8 Å². The minimum absolute atomic E-state index is 0.0568. The van der Waals surface area contributed by atoms with Crippen molar-refractivity contribution in [3.8, 4) is 5.75 Å². The summed E-state index contributed by atoms with van der Waals surface area (Å²) in [7, 11) is 1.55. The zero-order valence-electron chi connectivity index (χ0n) is 17.1. The fourth-order valence-corrected chi connectivity index (χ4v) is 3.85. The van der Waals surface area contributed by atoms with Crippen LogP contribution in [0.4, 0.5) is 18.9 Å². The monoisotopic (exact) mass is 454 g/mol. The molecule has 0 saturated carbocycles. The van der Waals surface area contributed by atoms with Crippen LogP contribution in [0.15, 0.2) is 29.0 Å². The van der Waals surface area contributed by atoms with E-state index in [0.717, 1.165) is 5.56 Å². The number of esters is 1. The van der Waals surface area contributed by atoms with Crippen molar-refractivity contribution in [1.29, 1.82) is 0 Å². The zero-order chi connectivity index (χ0) is 22.8. The molecule has 0 aliphatic rings. The average Bonchev–Trinajstić information content (AvgIpc) is 3.32. The highest BCUT2D eigenvalue weighted by atomic mass is 32.1. The molecule has 2 aromatic heterocycles. The van der Waals surface area contributed by atoms with E-state index in [1.807, 2.05) is 6.92 Å². The largest absolute Gasteiger partial charge is 0.481 e. The molecule has 31 heavy (non-hydrogen) atoms. The Labute approximate surface area is 180 Å². The van der Waals surface area contributed by atoms with E-state index in [2.05, 4.69) is 5.32 Å². The second kappa shape index (κ2) is 9.01. The zero-order valence-corrected chi connectivity index (χ0v) is 17.9. The number of ether oxygens (including phenoxy) is 2. The Balaban J connectivity index is 2.14. The maximum atomic E-state index is 12.9. The number of hydrogen-bond donors (Lipinski definition) is 1. The molecule has 3 aromatic rings. The summed E-state index contributed by atoms with van der Waals surface area (Å²) < 4.78 is 50.1. The van der Waals surface area contributed by atoms with Gasteiger partial charge >= 0.3 is 12.1 Å². The van der Waals surface area contributed by atoms with E-state index < -0.39 is 18.8 Å². The number of nitrogens with zero attached hydrogens (tertiary/aromatic N) is 1. The van der Waals surface area contributed by atoms with Crippen molar-refractivity contribution in [3.05, 3.63) is 45.8 Å². The maximum Gasteiger partial charge on any atom is 0.422 e. The molecule has 0 fully saturated rings. The number of carbonyl (C=O) groups excluding carboxylic acids is 2. The fourth-order valence-electron chi connectivity index (χ4n) is 3.22. The molecule has 0 saturated heterocycles. The Hall–Kier alpha value is -3.01. The van der Waals surface area contributed by atoms with Gasteiger partial charge in [-0.1, -0.05) is 6.92 Å². The summed E-state index contributed by atoms with van der Waals surface area (Å²) in [4.78, 5) is 25.0. The SMILES string of the molecule is CCOC(=O)c1c(OCC(F)(F)F)c2cc(NC(=O)c3ccsc3)c(CC)cc2n1C. The predicted molar refractivity (Wildman–Crippen MR) is 112 cm³/mol. The Morgan fingerprint density at radius 3 is 2.55 bits per heavy atom. The lowest BCUT2D eigenvalue weighted by molar-refractivity contribution is -0.153. The number of thiophene rings is 1. The number of nitrogens with one attached hydrogen (secondary N) is 1. The highest BCUT2D eigenvalue weighted by Gasteiger charge is 2.32. The number of carbonyl (C=O) groups is 2. The summed E-state index contributed by atoms with van der Waals surface area (Å²) in [6.45, 7) is 1.98. The van der Waals surface area contributed by atoms with Gasteiger partial charge in [0.1, 0.15) is 0 Å². The normalized spacial score (nSPS) is 11.5. The molecule has 1 aromatic carbocycles. The summed E-state index contributed by atoms with van der Waals surface area (Å²) in [5.74, 6) is -1.36. The molecule has 166 valence electrons. The second-order valence-corrected chi connectivity index (χ2v) is 7.49. The maximum absolute atomic E-state index is 12.9. The van der Waals surface area contributed by atoms with Crippen LogP contribution < -0.4 is 10.1 Å². The van der Waals surface area contributed by atoms with Crippen molar-refractivity contribution in [2.24, 2.45) is 7.05 Å². The summed E-state index contributed by atoms with van der Waals surface area (Å²) >= 11 is 1.37. The number of amides is 1. The molecular weight excluding hydrogens is 433 g/mol. The molecule has 6 nitrogen and oxygen atoms in total. The highest BCUT2D eigenvalue weighted by molar-refractivity contribution is 7.08. The van der Waals surface area contributed by atoms with Crippen LogP contribution >= 0.6 is 11.3 Å². The molecule has 0 aliphatic heterocycles. The molecule has 0 unspecified atom stereocenters. The summed E-state index contributed by atoms with van der Waals surface area (Å²) in [6.07, 6.45) is -4.04. The molecule has 0 atom stereocenters. The molecule has 0 aliphatic carbocycles. The molecule has 1 N–H and O–H groups in total. The number of rotatable bonds is 7. The average molecular weight is 454 g/mol. The standard InChI is InChI=1S/C21H21F3N2O4S/c1-4-12-8-16-14(9-15(12)25-19(27)13-6-7-31-10-13)18(30-11-21(22,23)24)17(26(16)3)20(28)29-5-2/h6-10H,4-5,11H2,1-3H3,(H,25,27). The third kappa shape index (κ3) is 4.84. The number of alkyl halides is 3. The van der Waals surface area contributed by atoms with Crippen LogP contribution in [0.25, 0.3) is 10.9 Å². The van der Waals surface area contributed by atoms with Gasteiger partial charge in [0.05, 0.1) is 17.7 Å². The number of hydrogen-bond acceptors (Lipinski definition) is 5. The van der Waals surface area contributed by atoms with Gasteiger partial charge in [-0.15, -0.1) is 0 Å². The second-order valence-electron chi connectivity index (χ2n) is 6.71.